The number of hydrogen-bond donors (Lipinski definition) is 4. The van der Waals surface area contributed by atoms with Crippen LogP contribution in [0.25, 0.3) is 16.3 Å². The van der Waals surface area contributed by atoms with Crippen LogP contribution in [0.3, 0.4) is 0 Å². The fourth-order valence-electron chi connectivity index (χ4n) is 5.15. The van der Waals surface area contributed by atoms with Gasteiger partial charge in [0.25, 0.3) is 0 Å². The fraction of sp³-hybridized carbons (Fsp3) is 0.257. The Labute approximate surface area is 272 Å². The maximum Gasteiger partial charge on any atom is 0.328 e. The lowest BCUT2D eigenvalue weighted by molar-refractivity contribution is -0.134. The zero-order valence-electron chi connectivity index (χ0n) is 26.2. The summed E-state index contributed by atoms with van der Waals surface area (Å²) in [6.07, 6.45) is 6.78. The normalized spacial score (nSPS) is 14.0. The number of piperazine rings is 1. The molecule has 0 unspecified atom stereocenters. The van der Waals surface area contributed by atoms with E-state index in [1.807, 2.05) is 6.07 Å². The van der Waals surface area contributed by atoms with Crippen LogP contribution in [-0.4, -0.2) is 96.1 Å². The highest BCUT2D eigenvalue weighted by atomic mass is 16.5. The van der Waals surface area contributed by atoms with Crippen molar-refractivity contribution < 1.29 is 49.1 Å². The summed E-state index contributed by atoms with van der Waals surface area (Å²) in [5, 5.41) is 33.8. The summed E-state index contributed by atoms with van der Waals surface area (Å²) in [6, 6.07) is 19.4. The molecule has 3 aromatic carbocycles. The second-order valence-electron chi connectivity index (χ2n) is 10.4. The van der Waals surface area contributed by atoms with Gasteiger partial charge in [-0.25, -0.2) is 19.2 Å². The van der Waals surface area contributed by atoms with E-state index in [-0.39, 0.29) is 0 Å². The number of fused-ring (bicyclic) bond motifs is 2. The molecule has 0 aromatic heterocycles. The average Bonchev–Trinajstić information content (AvgIpc) is 3.47. The molecule has 2 aliphatic rings. The van der Waals surface area contributed by atoms with Gasteiger partial charge < -0.3 is 34.8 Å². The van der Waals surface area contributed by atoms with Gasteiger partial charge in [0.15, 0.2) is 0 Å². The molecule has 12 nitrogen and oxygen atoms in total. The molecule has 1 saturated heterocycles. The van der Waals surface area contributed by atoms with Crippen LogP contribution in [-0.2, 0) is 25.6 Å². The molecule has 1 heterocycles. The minimum absolute atomic E-state index is 0.558. The van der Waals surface area contributed by atoms with E-state index in [4.69, 9.17) is 29.9 Å². The number of nitrogens with zero attached hydrogens (tertiary/aromatic N) is 2. The van der Waals surface area contributed by atoms with Crippen molar-refractivity contribution in [1.82, 2.24) is 4.90 Å². The number of allylic oxidation sites excluding steroid dienone is 1. The van der Waals surface area contributed by atoms with Crippen molar-refractivity contribution in [2.75, 3.05) is 51.8 Å². The van der Waals surface area contributed by atoms with E-state index in [0.29, 0.717) is 24.3 Å². The van der Waals surface area contributed by atoms with Crippen LogP contribution in [0.15, 0.2) is 85.0 Å². The Balaban J connectivity index is 0.000000312. The molecule has 0 bridgehead atoms. The van der Waals surface area contributed by atoms with Crippen LogP contribution in [0.5, 0.6) is 11.5 Å². The minimum atomic E-state index is -1.26. The Bertz CT molecular complexity index is 1600. The first-order valence-electron chi connectivity index (χ1n) is 14.7. The fourth-order valence-corrected chi connectivity index (χ4v) is 5.15. The number of ether oxygens (including phenoxy) is 2. The maximum atomic E-state index is 9.55. The van der Waals surface area contributed by atoms with E-state index in [0.717, 1.165) is 57.1 Å². The van der Waals surface area contributed by atoms with Gasteiger partial charge in [0.05, 0.1) is 14.2 Å². The lowest BCUT2D eigenvalue weighted by Crippen LogP contribution is -2.46. The average molecular weight is 647 g/mol. The van der Waals surface area contributed by atoms with Crippen LogP contribution in [0.4, 0.5) is 5.69 Å². The van der Waals surface area contributed by atoms with Gasteiger partial charge in [0, 0.05) is 68.1 Å². The highest BCUT2D eigenvalue weighted by molar-refractivity contribution is 5.95. The largest absolute Gasteiger partial charge is 0.497 e. The number of carboxylic acids is 4. The third-order valence-corrected chi connectivity index (χ3v) is 7.44. The number of benzene rings is 3. The van der Waals surface area contributed by atoms with E-state index in [1.165, 1.54) is 33.2 Å². The molecule has 0 spiro atoms. The van der Waals surface area contributed by atoms with Gasteiger partial charge in [-0.1, -0.05) is 30.3 Å². The molecule has 12 heteroatoms. The van der Waals surface area contributed by atoms with Gasteiger partial charge in [-0.2, -0.15) is 0 Å². The van der Waals surface area contributed by atoms with Gasteiger partial charge in [-0.3, -0.25) is 4.90 Å². The van der Waals surface area contributed by atoms with E-state index < -0.39 is 23.9 Å². The van der Waals surface area contributed by atoms with Gasteiger partial charge in [0.2, 0.25) is 0 Å². The number of methoxy groups -OCH3 is 2. The molecule has 1 aliphatic carbocycles. The lowest BCUT2D eigenvalue weighted by atomic mass is 10.0. The van der Waals surface area contributed by atoms with Crippen molar-refractivity contribution in [3.8, 4) is 11.5 Å². The molecule has 1 aliphatic heterocycles. The van der Waals surface area contributed by atoms with Crippen LogP contribution < -0.4 is 14.4 Å². The molecule has 3 aromatic rings. The van der Waals surface area contributed by atoms with Crippen molar-refractivity contribution in [2.24, 2.45) is 0 Å². The molecule has 0 saturated carbocycles. The maximum absolute atomic E-state index is 9.55. The standard InChI is InChI=1S/C27H30N2O2.2C4H4O4/c1-30-23-11-9-21-6-7-22(25(21)18-23)12-13-28-14-16-29(17-15-28)27-5-3-4-20-8-10-24(31-2)19-26(20)27;2*5-3(6)1-2-4(7)8/h3-5,7-11,18-19H,6,12-17H2,1-2H3;2*1-2H,(H,5,6)(H,7,8). The molecular formula is C35H38N2O10. The summed E-state index contributed by atoms with van der Waals surface area (Å²) < 4.78 is 10.9. The molecule has 4 N–H and O–H groups in total. The van der Waals surface area contributed by atoms with Crippen molar-refractivity contribution in [3.63, 3.8) is 0 Å². The zero-order chi connectivity index (χ0) is 34.3. The van der Waals surface area contributed by atoms with Crippen molar-refractivity contribution >= 4 is 45.9 Å². The molecule has 0 amide bonds. The molecular weight excluding hydrogens is 608 g/mol. The van der Waals surface area contributed by atoms with Gasteiger partial charge >= 0.3 is 23.9 Å². The van der Waals surface area contributed by atoms with Crippen molar-refractivity contribution in [1.29, 1.82) is 0 Å². The Morgan fingerprint density at radius 2 is 1.28 bits per heavy atom. The lowest BCUT2D eigenvalue weighted by Gasteiger charge is -2.36. The topological polar surface area (TPSA) is 174 Å². The predicted octanol–water partition coefficient (Wildman–Crippen LogP) is 4.43. The van der Waals surface area contributed by atoms with Crippen LogP contribution in [0.1, 0.15) is 17.5 Å². The van der Waals surface area contributed by atoms with Crippen LogP contribution in [0, 0.1) is 0 Å². The number of hydrogen-bond acceptors (Lipinski definition) is 8. The summed E-state index contributed by atoms with van der Waals surface area (Å²) >= 11 is 0. The highest BCUT2D eigenvalue weighted by Crippen LogP contribution is 2.34. The third-order valence-electron chi connectivity index (χ3n) is 7.44. The monoisotopic (exact) mass is 646 g/mol. The third kappa shape index (κ3) is 11.4. The number of rotatable bonds is 10. The smallest absolute Gasteiger partial charge is 0.328 e. The second-order valence-corrected chi connectivity index (χ2v) is 10.4. The Hall–Kier alpha value is -5.62. The van der Waals surface area contributed by atoms with Crippen molar-refractivity contribution in [3.05, 3.63) is 96.1 Å². The van der Waals surface area contributed by atoms with Gasteiger partial charge in [-0.05, 0) is 65.3 Å². The first kappa shape index (κ1) is 35.9. The number of carbonyl (C=O) groups is 4. The van der Waals surface area contributed by atoms with Crippen molar-refractivity contribution in [2.45, 2.75) is 12.8 Å². The highest BCUT2D eigenvalue weighted by Gasteiger charge is 2.21. The first-order chi connectivity index (χ1) is 22.5. The Morgan fingerprint density at radius 3 is 1.83 bits per heavy atom. The zero-order valence-corrected chi connectivity index (χ0v) is 26.2. The number of aliphatic carboxylic acids is 4. The van der Waals surface area contributed by atoms with E-state index in [9.17, 15) is 19.2 Å². The molecule has 1 fully saturated rings. The molecule has 0 atom stereocenters. The van der Waals surface area contributed by atoms with E-state index in [1.54, 1.807) is 14.2 Å². The summed E-state index contributed by atoms with van der Waals surface area (Å²) in [5.41, 5.74) is 5.59. The molecule has 248 valence electrons. The summed E-state index contributed by atoms with van der Waals surface area (Å²) in [6.45, 7) is 5.41. The quantitative estimate of drug-likeness (QED) is 0.229. The molecule has 47 heavy (non-hydrogen) atoms. The summed E-state index contributed by atoms with van der Waals surface area (Å²) in [7, 11) is 3.47. The minimum Gasteiger partial charge on any atom is -0.497 e. The predicted molar refractivity (Wildman–Crippen MR) is 177 cm³/mol. The number of carboxylic acid groups (broad SMARTS) is 4. The van der Waals surface area contributed by atoms with Crippen LogP contribution >= 0.6 is 0 Å². The molecule has 5 rings (SSSR count). The Morgan fingerprint density at radius 1 is 0.723 bits per heavy atom. The van der Waals surface area contributed by atoms with Crippen LogP contribution in [0.2, 0.25) is 0 Å². The van der Waals surface area contributed by atoms with E-state index >= 15 is 0 Å². The SMILES string of the molecule is COc1ccc2c(c1)C(CCN1CCN(c3cccc4ccc(OC)cc34)CC1)=CC2.O=C(O)C=CC(=O)O.O=C(O)C=CC(=O)O. The number of anilines is 1. The molecule has 0 radical (unpaired) electrons. The second kappa shape index (κ2) is 17.8. The summed E-state index contributed by atoms with van der Waals surface area (Å²) in [4.78, 5) is 43.3. The van der Waals surface area contributed by atoms with Gasteiger partial charge in [-0.15, -0.1) is 0 Å². The first-order valence-corrected chi connectivity index (χ1v) is 14.7. The van der Waals surface area contributed by atoms with Gasteiger partial charge in [0.1, 0.15) is 11.5 Å². The Kier molecular flexibility index (Phi) is 13.5. The van der Waals surface area contributed by atoms with E-state index in [2.05, 4.69) is 64.4 Å². The summed E-state index contributed by atoms with van der Waals surface area (Å²) in [5.74, 6) is -3.16.